The molecule has 1 aromatic heterocycles. The van der Waals surface area contributed by atoms with E-state index in [0.29, 0.717) is 12.3 Å². The smallest absolute Gasteiger partial charge is 0.164 e. The van der Waals surface area contributed by atoms with E-state index in [1.54, 1.807) is 6.20 Å². The molecule has 0 bridgehead atoms. The maximum Gasteiger partial charge on any atom is 0.164 e. The Hall–Kier alpha value is -1.38. The van der Waals surface area contributed by atoms with Gasteiger partial charge in [-0.1, -0.05) is 27.7 Å². The summed E-state index contributed by atoms with van der Waals surface area (Å²) in [6.07, 6.45) is 4.92. The van der Waals surface area contributed by atoms with Crippen molar-refractivity contribution in [2.45, 2.75) is 52.4 Å². The first-order valence-electron chi connectivity index (χ1n) is 7.94. The van der Waals surface area contributed by atoms with Crippen molar-refractivity contribution in [2.75, 3.05) is 18.0 Å². The second-order valence-corrected chi connectivity index (χ2v) is 7.61. The summed E-state index contributed by atoms with van der Waals surface area (Å²) in [7, 11) is 0. The standard InChI is InChI=1S/C18H25N2O/c1-12(2)10-20-11-18(3,4)17-15(20)8-14(9-19-17)16(21)7-13-5-6-13/h8-9,13H,5-7,10-11H2,1-4H3. The van der Waals surface area contributed by atoms with Crippen molar-refractivity contribution in [3.63, 3.8) is 0 Å². The van der Waals surface area contributed by atoms with Gasteiger partial charge in [0.05, 0.1) is 11.4 Å². The van der Waals surface area contributed by atoms with E-state index < -0.39 is 0 Å². The maximum atomic E-state index is 12.3. The summed E-state index contributed by atoms with van der Waals surface area (Å²) in [4.78, 5) is 19.3. The fraction of sp³-hybridized carbons (Fsp3) is 0.611. The third-order valence-corrected chi connectivity index (χ3v) is 4.44. The van der Waals surface area contributed by atoms with E-state index in [0.717, 1.165) is 30.0 Å². The number of carbonyl (C=O) groups is 1. The van der Waals surface area contributed by atoms with Crippen molar-refractivity contribution in [1.82, 2.24) is 4.98 Å². The van der Waals surface area contributed by atoms with Gasteiger partial charge in [0.15, 0.2) is 5.78 Å². The van der Waals surface area contributed by atoms with Crippen LogP contribution in [0.15, 0.2) is 12.3 Å². The molecule has 1 aromatic rings. The summed E-state index contributed by atoms with van der Waals surface area (Å²) < 4.78 is 0. The Morgan fingerprint density at radius 2 is 2.10 bits per heavy atom. The van der Waals surface area contributed by atoms with Crippen LogP contribution in [0.1, 0.15) is 63.0 Å². The second-order valence-electron chi connectivity index (χ2n) is 7.61. The van der Waals surface area contributed by atoms with E-state index in [2.05, 4.69) is 43.6 Å². The Labute approximate surface area is 127 Å². The molecule has 21 heavy (non-hydrogen) atoms. The zero-order chi connectivity index (χ0) is 15.2. The Morgan fingerprint density at radius 3 is 2.71 bits per heavy atom. The lowest BCUT2D eigenvalue weighted by atomic mass is 9.91. The molecule has 0 atom stereocenters. The van der Waals surface area contributed by atoms with Crippen molar-refractivity contribution in [3.8, 4) is 0 Å². The van der Waals surface area contributed by atoms with Gasteiger partial charge in [-0.05, 0) is 30.7 Å². The molecule has 113 valence electrons. The molecule has 1 aliphatic carbocycles. The quantitative estimate of drug-likeness (QED) is 0.772. The van der Waals surface area contributed by atoms with Crippen molar-refractivity contribution in [2.24, 2.45) is 5.92 Å². The van der Waals surface area contributed by atoms with Crippen LogP contribution in [0.3, 0.4) is 0 Å². The maximum absolute atomic E-state index is 12.3. The topological polar surface area (TPSA) is 33.2 Å². The molecule has 0 spiro atoms. The van der Waals surface area contributed by atoms with Crippen LogP contribution >= 0.6 is 0 Å². The minimum Gasteiger partial charge on any atom is -0.369 e. The Kier molecular flexibility index (Phi) is 3.54. The van der Waals surface area contributed by atoms with Crippen LogP contribution in [0.4, 0.5) is 5.69 Å². The molecular weight excluding hydrogens is 260 g/mol. The van der Waals surface area contributed by atoms with Gasteiger partial charge in [-0.2, -0.15) is 0 Å². The number of ketones is 1. The van der Waals surface area contributed by atoms with Gasteiger partial charge in [0.1, 0.15) is 0 Å². The third kappa shape index (κ3) is 2.97. The lowest BCUT2D eigenvalue weighted by Gasteiger charge is -2.23. The summed E-state index contributed by atoms with van der Waals surface area (Å²) in [5.41, 5.74) is 3.13. The van der Waals surface area contributed by atoms with Gasteiger partial charge in [-0.25, -0.2) is 0 Å². The van der Waals surface area contributed by atoms with Crippen molar-refractivity contribution < 1.29 is 4.79 Å². The van der Waals surface area contributed by atoms with E-state index in [1.807, 2.05) is 0 Å². The first kappa shape index (κ1) is 14.6. The number of pyridine rings is 1. The lowest BCUT2D eigenvalue weighted by molar-refractivity contribution is 0.0975. The second kappa shape index (κ2) is 5.11. The van der Waals surface area contributed by atoms with Crippen LogP contribution < -0.4 is 4.90 Å². The summed E-state index contributed by atoms with van der Waals surface area (Å²) in [6.45, 7) is 10.7. The fourth-order valence-electron chi connectivity index (χ4n) is 3.23. The van der Waals surface area contributed by atoms with Crippen LogP contribution in [-0.4, -0.2) is 23.9 Å². The first-order valence-corrected chi connectivity index (χ1v) is 7.94. The minimum absolute atomic E-state index is 0.0584. The number of aromatic nitrogens is 1. The van der Waals surface area contributed by atoms with E-state index in [1.165, 1.54) is 18.8 Å². The molecule has 0 unspecified atom stereocenters. The predicted molar refractivity (Wildman–Crippen MR) is 85.7 cm³/mol. The molecule has 0 aromatic carbocycles. The highest BCUT2D eigenvalue weighted by Crippen LogP contribution is 2.40. The molecule has 3 nitrogen and oxygen atoms in total. The number of rotatable bonds is 5. The molecule has 0 N–H and O–H groups in total. The van der Waals surface area contributed by atoms with Gasteiger partial charge in [0.2, 0.25) is 0 Å². The lowest BCUT2D eigenvalue weighted by Crippen LogP contribution is -2.30. The minimum atomic E-state index is 0.0584. The SMILES string of the molecule is C[C](C)CN1CC(C)(C)c2ncc(C(=O)CC3CC3)cc21. The predicted octanol–water partition coefficient (Wildman–Crippen LogP) is 3.78. The molecule has 1 fully saturated rings. The van der Waals surface area contributed by atoms with Crippen LogP contribution in [0.25, 0.3) is 0 Å². The monoisotopic (exact) mass is 285 g/mol. The molecular formula is C18H25N2O. The van der Waals surface area contributed by atoms with Gasteiger partial charge in [0.25, 0.3) is 0 Å². The molecule has 3 heteroatoms. The molecule has 1 aliphatic heterocycles. The number of anilines is 1. The fourth-order valence-corrected chi connectivity index (χ4v) is 3.23. The summed E-state index contributed by atoms with van der Waals surface area (Å²) in [5.74, 6) is 2.27. The van der Waals surface area contributed by atoms with Crippen LogP contribution in [-0.2, 0) is 5.41 Å². The van der Waals surface area contributed by atoms with Gasteiger partial charge < -0.3 is 4.90 Å². The van der Waals surface area contributed by atoms with Gasteiger partial charge in [0, 0.05) is 36.7 Å². The Morgan fingerprint density at radius 1 is 1.38 bits per heavy atom. The van der Waals surface area contributed by atoms with Gasteiger partial charge >= 0.3 is 0 Å². The Balaban J connectivity index is 1.89. The molecule has 2 aliphatic rings. The van der Waals surface area contributed by atoms with E-state index >= 15 is 0 Å². The normalized spacial score (nSPS) is 20.0. The largest absolute Gasteiger partial charge is 0.369 e. The molecule has 0 amide bonds. The average molecular weight is 285 g/mol. The van der Waals surface area contributed by atoms with Crippen LogP contribution in [0, 0.1) is 11.8 Å². The zero-order valence-electron chi connectivity index (χ0n) is 13.6. The number of hydrogen-bond acceptors (Lipinski definition) is 3. The molecule has 2 heterocycles. The highest BCUT2D eigenvalue weighted by Gasteiger charge is 2.37. The van der Waals surface area contributed by atoms with E-state index in [9.17, 15) is 4.79 Å². The van der Waals surface area contributed by atoms with Crippen LogP contribution in [0.2, 0.25) is 0 Å². The van der Waals surface area contributed by atoms with Crippen molar-refractivity contribution >= 4 is 11.5 Å². The highest BCUT2D eigenvalue weighted by molar-refractivity contribution is 5.97. The van der Waals surface area contributed by atoms with Crippen molar-refractivity contribution in [1.29, 1.82) is 0 Å². The number of fused-ring (bicyclic) bond motifs is 1. The van der Waals surface area contributed by atoms with Gasteiger partial charge in [-0.15, -0.1) is 0 Å². The summed E-state index contributed by atoms with van der Waals surface area (Å²) in [5, 5.41) is 0. The summed E-state index contributed by atoms with van der Waals surface area (Å²) >= 11 is 0. The van der Waals surface area contributed by atoms with E-state index in [4.69, 9.17) is 0 Å². The first-order chi connectivity index (χ1) is 9.87. The average Bonchev–Trinajstić information content (AvgIpc) is 3.16. The molecule has 0 saturated heterocycles. The molecule has 1 radical (unpaired) electrons. The van der Waals surface area contributed by atoms with E-state index in [-0.39, 0.29) is 11.2 Å². The molecule has 1 saturated carbocycles. The highest BCUT2D eigenvalue weighted by atomic mass is 16.1. The van der Waals surface area contributed by atoms with Crippen LogP contribution in [0.5, 0.6) is 0 Å². The number of hydrogen-bond donors (Lipinski definition) is 0. The Bertz CT molecular complexity index is 558. The van der Waals surface area contributed by atoms with Gasteiger partial charge in [-0.3, -0.25) is 9.78 Å². The number of Topliss-reactive ketones (excluding diaryl/α,β-unsaturated/α-hetero) is 1. The zero-order valence-corrected chi connectivity index (χ0v) is 13.6. The number of carbonyl (C=O) groups excluding carboxylic acids is 1. The third-order valence-electron chi connectivity index (χ3n) is 4.44. The molecule has 3 rings (SSSR count). The summed E-state index contributed by atoms with van der Waals surface area (Å²) in [6, 6.07) is 2.07. The van der Waals surface area contributed by atoms with Crippen molar-refractivity contribution in [3.05, 3.63) is 29.4 Å². The number of nitrogens with zero attached hydrogens (tertiary/aromatic N) is 2.